The van der Waals surface area contributed by atoms with E-state index in [1.807, 2.05) is 25.1 Å². The number of carboxylic acids is 1. The van der Waals surface area contributed by atoms with E-state index in [0.717, 1.165) is 5.56 Å². The number of rotatable bonds is 3. The lowest BCUT2D eigenvalue weighted by Gasteiger charge is -2.05. The lowest BCUT2D eigenvalue weighted by atomic mass is 10.2. The third kappa shape index (κ3) is 3.32. The number of aromatic amines is 1. The first-order valence-corrected chi connectivity index (χ1v) is 5.48. The Morgan fingerprint density at radius 1 is 1.26 bits per heavy atom. The molecule has 0 fully saturated rings. The van der Waals surface area contributed by atoms with Gasteiger partial charge in [-0.3, -0.25) is 10.4 Å². The Hall–Kier alpha value is -2.83. The molecule has 0 aliphatic carbocycles. The van der Waals surface area contributed by atoms with Gasteiger partial charge in [0.2, 0.25) is 0 Å². The first kappa shape index (κ1) is 12.6. The number of carboxylic acid groups (broad SMARTS) is 1. The molecular formula is C12H12N4O3. The number of aromatic nitrogens is 2. The van der Waals surface area contributed by atoms with Crippen molar-refractivity contribution in [2.45, 2.75) is 6.92 Å². The molecule has 0 atom stereocenters. The Morgan fingerprint density at radius 2 is 2.05 bits per heavy atom. The number of aryl methyl sites for hydroxylation is 1. The number of H-pyrrole nitrogens is 1. The van der Waals surface area contributed by atoms with Gasteiger partial charge in [0.1, 0.15) is 5.69 Å². The number of anilines is 2. The summed E-state index contributed by atoms with van der Waals surface area (Å²) in [4.78, 5) is 22.3. The topological polar surface area (TPSA) is 107 Å². The van der Waals surface area contributed by atoms with Gasteiger partial charge in [0.25, 0.3) is 0 Å². The van der Waals surface area contributed by atoms with Crippen molar-refractivity contribution >= 4 is 23.5 Å². The largest absolute Gasteiger partial charge is 0.477 e. The van der Waals surface area contributed by atoms with E-state index in [4.69, 9.17) is 5.11 Å². The van der Waals surface area contributed by atoms with E-state index in [-0.39, 0.29) is 11.5 Å². The SMILES string of the molecule is Cc1cccc(NC(=O)Nc2cc(C(=O)O)[nH]n2)c1. The van der Waals surface area contributed by atoms with Gasteiger partial charge in [0.15, 0.2) is 5.82 Å². The van der Waals surface area contributed by atoms with Gasteiger partial charge in [-0.05, 0) is 24.6 Å². The highest BCUT2D eigenvalue weighted by Crippen LogP contribution is 2.11. The van der Waals surface area contributed by atoms with Gasteiger partial charge in [0, 0.05) is 11.8 Å². The number of hydrogen-bond acceptors (Lipinski definition) is 3. The number of aromatic carboxylic acids is 1. The summed E-state index contributed by atoms with van der Waals surface area (Å²) in [5.74, 6) is -0.998. The van der Waals surface area contributed by atoms with Crippen LogP contribution in [0.4, 0.5) is 16.3 Å². The van der Waals surface area contributed by atoms with Gasteiger partial charge in [-0.25, -0.2) is 9.59 Å². The number of nitrogens with zero attached hydrogens (tertiary/aromatic N) is 1. The molecule has 2 aromatic rings. The zero-order valence-corrected chi connectivity index (χ0v) is 10.1. The second-order valence-corrected chi connectivity index (χ2v) is 3.92. The molecule has 4 N–H and O–H groups in total. The van der Waals surface area contributed by atoms with Crippen molar-refractivity contribution in [1.82, 2.24) is 10.2 Å². The Kier molecular flexibility index (Phi) is 3.46. The number of urea groups is 1. The molecule has 2 rings (SSSR count). The van der Waals surface area contributed by atoms with Gasteiger partial charge in [-0.2, -0.15) is 5.10 Å². The smallest absolute Gasteiger partial charge is 0.353 e. The predicted octanol–water partition coefficient (Wildman–Crippen LogP) is 2.06. The van der Waals surface area contributed by atoms with Crippen molar-refractivity contribution < 1.29 is 14.7 Å². The minimum Gasteiger partial charge on any atom is -0.477 e. The third-order valence-corrected chi connectivity index (χ3v) is 2.33. The van der Waals surface area contributed by atoms with E-state index in [1.165, 1.54) is 6.07 Å². The molecule has 98 valence electrons. The van der Waals surface area contributed by atoms with Crippen LogP contribution >= 0.6 is 0 Å². The first-order valence-electron chi connectivity index (χ1n) is 5.48. The summed E-state index contributed by atoms with van der Waals surface area (Å²) in [6, 6.07) is 8.04. The summed E-state index contributed by atoms with van der Waals surface area (Å²) in [5.41, 5.74) is 1.57. The summed E-state index contributed by atoms with van der Waals surface area (Å²) in [5, 5.41) is 19.7. The summed E-state index contributed by atoms with van der Waals surface area (Å²) in [6.07, 6.45) is 0. The Balaban J connectivity index is 1.99. The standard InChI is InChI=1S/C12H12N4O3/c1-7-3-2-4-8(5-7)13-12(19)14-10-6-9(11(17)18)15-16-10/h2-6H,1H3,(H,17,18)(H3,13,14,15,16,19). The molecule has 0 unspecified atom stereocenters. The van der Waals surface area contributed by atoms with Crippen LogP contribution in [0.3, 0.4) is 0 Å². The van der Waals surface area contributed by atoms with Crippen molar-refractivity contribution in [1.29, 1.82) is 0 Å². The zero-order chi connectivity index (χ0) is 13.8. The lowest BCUT2D eigenvalue weighted by molar-refractivity contribution is 0.0690. The maximum atomic E-state index is 11.6. The highest BCUT2D eigenvalue weighted by Gasteiger charge is 2.10. The van der Waals surface area contributed by atoms with Crippen molar-refractivity contribution in [3.8, 4) is 0 Å². The highest BCUT2D eigenvalue weighted by atomic mass is 16.4. The molecule has 0 spiro atoms. The van der Waals surface area contributed by atoms with Crippen LogP contribution in [-0.2, 0) is 0 Å². The fourth-order valence-electron chi connectivity index (χ4n) is 1.50. The van der Waals surface area contributed by atoms with Crippen molar-refractivity contribution in [3.63, 3.8) is 0 Å². The Labute approximate surface area is 108 Å². The predicted molar refractivity (Wildman–Crippen MR) is 69.4 cm³/mol. The molecule has 0 aliphatic heterocycles. The van der Waals surface area contributed by atoms with Gasteiger partial charge in [-0.1, -0.05) is 12.1 Å². The van der Waals surface area contributed by atoms with Crippen LogP contribution in [0.25, 0.3) is 0 Å². The van der Waals surface area contributed by atoms with Crippen LogP contribution in [-0.4, -0.2) is 27.3 Å². The average molecular weight is 260 g/mol. The summed E-state index contributed by atoms with van der Waals surface area (Å²) in [6.45, 7) is 1.91. The molecule has 0 saturated carbocycles. The van der Waals surface area contributed by atoms with E-state index in [0.29, 0.717) is 5.69 Å². The van der Waals surface area contributed by atoms with Gasteiger partial charge in [-0.15, -0.1) is 0 Å². The minimum atomic E-state index is -1.14. The number of hydrogen-bond donors (Lipinski definition) is 4. The Bertz CT molecular complexity index is 621. The van der Waals surface area contributed by atoms with Gasteiger partial charge < -0.3 is 10.4 Å². The van der Waals surface area contributed by atoms with Crippen molar-refractivity contribution in [2.75, 3.05) is 10.6 Å². The van der Waals surface area contributed by atoms with Gasteiger partial charge in [0.05, 0.1) is 0 Å². The quantitative estimate of drug-likeness (QED) is 0.677. The van der Waals surface area contributed by atoms with Crippen LogP contribution in [0, 0.1) is 6.92 Å². The fraction of sp³-hybridized carbons (Fsp3) is 0.0833. The third-order valence-electron chi connectivity index (χ3n) is 2.33. The first-order chi connectivity index (χ1) is 9.04. The van der Waals surface area contributed by atoms with Crippen LogP contribution in [0.1, 0.15) is 16.1 Å². The molecule has 7 nitrogen and oxygen atoms in total. The fourth-order valence-corrected chi connectivity index (χ4v) is 1.50. The number of nitrogens with one attached hydrogen (secondary N) is 3. The number of benzene rings is 1. The number of carbonyl (C=O) groups excluding carboxylic acids is 1. The minimum absolute atomic E-state index is 0.0918. The molecule has 0 bridgehead atoms. The van der Waals surface area contributed by atoms with Crippen LogP contribution in [0.2, 0.25) is 0 Å². The molecule has 1 aromatic heterocycles. The molecule has 0 saturated heterocycles. The average Bonchev–Trinajstić information content (AvgIpc) is 2.77. The molecule has 0 aliphatic rings. The van der Waals surface area contributed by atoms with Crippen molar-refractivity contribution in [3.05, 3.63) is 41.6 Å². The molecule has 1 heterocycles. The molecule has 0 radical (unpaired) electrons. The number of carbonyl (C=O) groups is 2. The monoisotopic (exact) mass is 260 g/mol. The molecule has 2 amide bonds. The van der Waals surface area contributed by atoms with Crippen LogP contribution in [0.15, 0.2) is 30.3 Å². The van der Waals surface area contributed by atoms with E-state index < -0.39 is 12.0 Å². The lowest BCUT2D eigenvalue weighted by Crippen LogP contribution is -2.19. The number of amides is 2. The summed E-state index contributed by atoms with van der Waals surface area (Å²) >= 11 is 0. The zero-order valence-electron chi connectivity index (χ0n) is 10.1. The van der Waals surface area contributed by atoms with E-state index in [9.17, 15) is 9.59 Å². The van der Waals surface area contributed by atoms with Gasteiger partial charge >= 0.3 is 12.0 Å². The molecule has 7 heteroatoms. The van der Waals surface area contributed by atoms with E-state index >= 15 is 0 Å². The molecule has 1 aromatic carbocycles. The van der Waals surface area contributed by atoms with E-state index in [2.05, 4.69) is 20.8 Å². The summed E-state index contributed by atoms with van der Waals surface area (Å²) < 4.78 is 0. The second-order valence-electron chi connectivity index (χ2n) is 3.92. The van der Waals surface area contributed by atoms with E-state index in [1.54, 1.807) is 6.07 Å². The molecule has 19 heavy (non-hydrogen) atoms. The van der Waals surface area contributed by atoms with Crippen molar-refractivity contribution in [2.24, 2.45) is 0 Å². The molecular weight excluding hydrogens is 248 g/mol. The van der Waals surface area contributed by atoms with Crippen LogP contribution < -0.4 is 10.6 Å². The normalized spacial score (nSPS) is 9.95. The maximum absolute atomic E-state index is 11.6. The second kappa shape index (κ2) is 5.21. The highest BCUT2D eigenvalue weighted by molar-refractivity contribution is 5.99. The maximum Gasteiger partial charge on any atom is 0.353 e. The van der Waals surface area contributed by atoms with Crippen LogP contribution in [0.5, 0.6) is 0 Å². The Morgan fingerprint density at radius 3 is 2.68 bits per heavy atom. The summed E-state index contributed by atoms with van der Waals surface area (Å²) in [7, 11) is 0.